The van der Waals surface area contributed by atoms with Crippen molar-refractivity contribution in [3.8, 4) is 33.4 Å². The smallest absolute Gasteiger partial charge is 0.0546 e. The van der Waals surface area contributed by atoms with Crippen LogP contribution in [0.3, 0.4) is 0 Å². The van der Waals surface area contributed by atoms with Crippen LogP contribution in [0.15, 0.2) is 212 Å². The van der Waals surface area contributed by atoms with Gasteiger partial charge < -0.3 is 4.90 Å². The summed E-state index contributed by atoms with van der Waals surface area (Å²) in [5.74, 6) is 0. The Morgan fingerprint density at radius 1 is 0.271 bits per heavy atom. The number of thiophene rings is 2. The molecule has 276 valence electrons. The molecule has 0 spiro atoms. The molecule has 0 unspecified atom stereocenters. The highest BCUT2D eigenvalue weighted by Gasteiger charge is 2.21. The second-order valence-corrected chi connectivity index (χ2v) is 17.4. The summed E-state index contributed by atoms with van der Waals surface area (Å²) in [6.45, 7) is 0. The highest BCUT2D eigenvalue weighted by atomic mass is 32.1. The predicted octanol–water partition coefficient (Wildman–Crippen LogP) is 17.2. The maximum atomic E-state index is 2.49. The first-order chi connectivity index (χ1) is 29.2. The van der Waals surface area contributed by atoms with Crippen LogP contribution in [0.5, 0.6) is 0 Å². The van der Waals surface area contributed by atoms with Gasteiger partial charge in [0.1, 0.15) is 0 Å². The molecule has 0 fully saturated rings. The maximum absolute atomic E-state index is 2.49. The average Bonchev–Trinajstić information content (AvgIpc) is 3.87. The van der Waals surface area contributed by atoms with Crippen molar-refractivity contribution in [1.29, 1.82) is 0 Å². The normalized spacial score (nSPS) is 11.7. The fourth-order valence-electron chi connectivity index (χ4n) is 9.05. The van der Waals surface area contributed by atoms with Gasteiger partial charge in [-0.1, -0.05) is 152 Å². The first-order valence-corrected chi connectivity index (χ1v) is 21.7. The van der Waals surface area contributed by atoms with E-state index in [1.807, 2.05) is 22.7 Å². The lowest BCUT2D eigenvalue weighted by Gasteiger charge is -2.29. The Labute approximate surface area is 350 Å². The summed E-state index contributed by atoms with van der Waals surface area (Å²) in [4.78, 5) is 2.49. The van der Waals surface area contributed by atoms with Crippen LogP contribution < -0.4 is 4.90 Å². The molecule has 2 heterocycles. The summed E-state index contributed by atoms with van der Waals surface area (Å²) < 4.78 is 5.22. The fourth-order valence-corrected chi connectivity index (χ4v) is 11.3. The van der Waals surface area contributed by atoms with Gasteiger partial charge in [0.25, 0.3) is 0 Å². The summed E-state index contributed by atoms with van der Waals surface area (Å²) in [6.07, 6.45) is 0. The Bertz CT molecular complexity index is 3580. The Morgan fingerprint density at radius 2 is 0.864 bits per heavy atom. The Kier molecular flexibility index (Phi) is 7.97. The molecular formula is C56H35NS2. The van der Waals surface area contributed by atoms with E-state index in [2.05, 4.69) is 217 Å². The van der Waals surface area contributed by atoms with Gasteiger partial charge in [-0.2, -0.15) is 0 Å². The highest BCUT2D eigenvalue weighted by Crippen LogP contribution is 2.47. The van der Waals surface area contributed by atoms with E-state index in [9.17, 15) is 0 Å². The molecule has 0 aliphatic heterocycles. The molecule has 3 heteroatoms. The van der Waals surface area contributed by atoms with Gasteiger partial charge in [0, 0.05) is 57.3 Å². The largest absolute Gasteiger partial charge is 0.310 e. The van der Waals surface area contributed by atoms with Gasteiger partial charge in [-0.05, 0) is 110 Å². The molecule has 0 bridgehead atoms. The van der Waals surface area contributed by atoms with E-state index in [1.54, 1.807) is 0 Å². The molecule has 0 aliphatic carbocycles. The number of rotatable bonds is 6. The lowest BCUT2D eigenvalue weighted by Crippen LogP contribution is -2.11. The number of hydrogen-bond donors (Lipinski definition) is 0. The van der Waals surface area contributed by atoms with Crippen LogP contribution in [0.25, 0.3) is 95.3 Å². The number of nitrogens with zero attached hydrogens (tertiary/aromatic N) is 1. The van der Waals surface area contributed by atoms with Crippen LogP contribution in [0.1, 0.15) is 0 Å². The number of hydrogen-bond acceptors (Lipinski definition) is 3. The summed E-state index contributed by atoms with van der Waals surface area (Å²) >= 11 is 3.73. The number of anilines is 3. The highest BCUT2D eigenvalue weighted by molar-refractivity contribution is 7.26. The van der Waals surface area contributed by atoms with Crippen LogP contribution in [-0.4, -0.2) is 0 Å². The van der Waals surface area contributed by atoms with Gasteiger partial charge in [0.05, 0.1) is 5.69 Å². The van der Waals surface area contributed by atoms with E-state index >= 15 is 0 Å². The molecule has 0 amide bonds. The third-order valence-corrected chi connectivity index (χ3v) is 14.1. The predicted molar refractivity (Wildman–Crippen MR) is 258 cm³/mol. The second-order valence-electron chi connectivity index (χ2n) is 15.3. The summed E-state index contributed by atoms with van der Waals surface area (Å²) in [7, 11) is 0. The molecule has 0 saturated carbocycles. The fraction of sp³-hybridized carbons (Fsp3) is 0. The van der Waals surface area contributed by atoms with Gasteiger partial charge in [-0.15, -0.1) is 22.7 Å². The minimum atomic E-state index is 1.11. The van der Waals surface area contributed by atoms with Crippen LogP contribution in [0.2, 0.25) is 0 Å². The lowest BCUT2D eigenvalue weighted by atomic mass is 9.91. The molecule has 10 aromatic carbocycles. The lowest BCUT2D eigenvalue weighted by molar-refractivity contribution is 1.29. The molecule has 2 aromatic heterocycles. The van der Waals surface area contributed by atoms with Crippen LogP contribution in [0.4, 0.5) is 17.1 Å². The van der Waals surface area contributed by atoms with E-state index in [0.717, 1.165) is 17.1 Å². The van der Waals surface area contributed by atoms with E-state index in [4.69, 9.17) is 0 Å². The van der Waals surface area contributed by atoms with Crippen LogP contribution in [0, 0.1) is 0 Å². The van der Waals surface area contributed by atoms with Gasteiger partial charge in [0.2, 0.25) is 0 Å². The van der Waals surface area contributed by atoms with Gasteiger partial charge in [-0.25, -0.2) is 0 Å². The van der Waals surface area contributed by atoms with Gasteiger partial charge in [0.15, 0.2) is 0 Å². The van der Waals surface area contributed by atoms with E-state index < -0.39 is 0 Å². The minimum absolute atomic E-state index is 1.11. The standard InChI is InChI=1S/C56H35NS2/c1-2-13-36(14-3-1)44-28-25-40(50-33-39-15-4-5-18-43(39)45-19-6-7-20-46(45)50)34-52(44)57(42-27-29-49-47-21-8-10-23-53(47)59-56(49)35-42)41-17-12-16-37(31-41)38-26-30-55-51(32-38)48-22-9-11-24-54(48)58-55/h1-35H. The molecule has 1 nitrogen and oxygen atoms in total. The van der Waals surface area contributed by atoms with Crippen molar-refractivity contribution in [1.82, 2.24) is 0 Å². The van der Waals surface area contributed by atoms with Gasteiger partial charge >= 0.3 is 0 Å². The van der Waals surface area contributed by atoms with Crippen molar-refractivity contribution in [2.24, 2.45) is 0 Å². The van der Waals surface area contributed by atoms with E-state index in [-0.39, 0.29) is 0 Å². The van der Waals surface area contributed by atoms with Crippen molar-refractivity contribution in [2.45, 2.75) is 0 Å². The molecule has 0 saturated heterocycles. The first-order valence-electron chi connectivity index (χ1n) is 20.1. The molecular weight excluding hydrogens is 751 g/mol. The Hall–Kier alpha value is -7.04. The summed E-state index contributed by atoms with van der Waals surface area (Å²) in [5.41, 5.74) is 10.5. The van der Waals surface area contributed by atoms with Crippen LogP contribution in [-0.2, 0) is 0 Å². The zero-order valence-corrected chi connectivity index (χ0v) is 33.6. The number of fused-ring (bicyclic) bond motifs is 9. The number of benzene rings is 10. The second kappa shape index (κ2) is 13.8. The molecule has 59 heavy (non-hydrogen) atoms. The maximum Gasteiger partial charge on any atom is 0.0546 e. The van der Waals surface area contributed by atoms with Gasteiger partial charge in [-0.3, -0.25) is 0 Å². The third kappa shape index (κ3) is 5.73. The summed E-state index contributed by atoms with van der Waals surface area (Å²) in [6, 6.07) is 78.5. The molecule has 0 aliphatic rings. The topological polar surface area (TPSA) is 3.24 Å². The Morgan fingerprint density at radius 3 is 1.69 bits per heavy atom. The molecule has 0 N–H and O–H groups in total. The quantitative estimate of drug-likeness (QED) is 0.152. The molecule has 0 atom stereocenters. The van der Waals surface area contributed by atoms with E-state index in [1.165, 1.54) is 95.3 Å². The van der Waals surface area contributed by atoms with Crippen molar-refractivity contribution >= 4 is 102 Å². The SMILES string of the molecule is c1ccc(-c2ccc(-c3cc4ccccc4c4ccccc34)cc2N(c2cccc(-c3ccc4sc5ccccc5c4c3)c2)c2ccc3c(c2)sc2ccccc23)cc1. The third-order valence-electron chi connectivity index (χ3n) is 11.8. The molecule has 12 aromatic rings. The zero-order chi connectivity index (χ0) is 38.9. The molecule has 0 radical (unpaired) electrons. The molecule has 12 rings (SSSR count). The summed E-state index contributed by atoms with van der Waals surface area (Å²) in [5, 5.41) is 10.3. The zero-order valence-electron chi connectivity index (χ0n) is 32.0. The van der Waals surface area contributed by atoms with Crippen molar-refractivity contribution in [2.75, 3.05) is 4.90 Å². The van der Waals surface area contributed by atoms with Crippen molar-refractivity contribution in [3.63, 3.8) is 0 Å². The van der Waals surface area contributed by atoms with Crippen molar-refractivity contribution in [3.05, 3.63) is 212 Å². The van der Waals surface area contributed by atoms with Crippen LogP contribution >= 0.6 is 22.7 Å². The minimum Gasteiger partial charge on any atom is -0.310 e. The Balaban J connectivity index is 1.12. The van der Waals surface area contributed by atoms with Crippen molar-refractivity contribution < 1.29 is 0 Å². The first kappa shape index (κ1) is 34.0. The average molecular weight is 786 g/mol. The van der Waals surface area contributed by atoms with E-state index in [0.29, 0.717) is 0 Å². The monoisotopic (exact) mass is 785 g/mol.